The molecule has 1 amide bonds. The number of nitrogens with one attached hydrogen (secondary N) is 1. The monoisotopic (exact) mass is 227 g/mol. The molecule has 0 unspecified atom stereocenters. The van der Waals surface area contributed by atoms with E-state index in [0.29, 0.717) is 5.69 Å². The van der Waals surface area contributed by atoms with Crippen LogP contribution in [0.2, 0.25) is 0 Å². The molecule has 0 aromatic heterocycles. The fourth-order valence-electron chi connectivity index (χ4n) is 1.73. The van der Waals surface area contributed by atoms with Crippen molar-refractivity contribution in [3.63, 3.8) is 0 Å². The summed E-state index contributed by atoms with van der Waals surface area (Å²) in [5.74, 6) is 0. The summed E-state index contributed by atoms with van der Waals surface area (Å²) in [6.07, 6.45) is -0.317. The van der Waals surface area contributed by atoms with Crippen LogP contribution in [-0.2, 0) is 6.42 Å². The van der Waals surface area contributed by atoms with Crippen LogP contribution in [0.15, 0.2) is 54.6 Å². The molecule has 2 N–H and O–H groups in total. The van der Waals surface area contributed by atoms with Crippen LogP contribution in [0, 0.1) is 0 Å². The van der Waals surface area contributed by atoms with Crippen molar-refractivity contribution in [2.75, 3.05) is 5.32 Å². The summed E-state index contributed by atoms with van der Waals surface area (Å²) in [7, 11) is 0. The Labute approximate surface area is 99.7 Å². The van der Waals surface area contributed by atoms with Gasteiger partial charge in [-0.2, -0.15) is 0 Å². The van der Waals surface area contributed by atoms with Gasteiger partial charge in [-0.25, -0.2) is 4.79 Å². The first-order valence-electron chi connectivity index (χ1n) is 5.37. The van der Waals surface area contributed by atoms with Gasteiger partial charge in [0.15, 0.2) is 0 Å². The lowest BCUT2D eigenvalue weighted by molar-refractivity contribution is 0.209. The quantitative estimate of drug-likeness (QED) is 0.844. The summed E-state index contributed by atoms with van der Waals surface area (Å²) < 4.78 is 0. The SMILES string of the molecule is O=C(O)Nc1ccccc1Cc1ccccc1. The average molecular weight is 227 g/mol. The Kier molecular flexibility index (Phi) is 3.40. The van der Waals surface area contributed by atoms with E-state index in [0.717, 1.165) is 17.5 Å². The summed E-state index contributed by atoms with van der Waals surface area (Å²) >= 11 is 0. The predicted molar refractivity (Wildman–Crippen MR) is 67.3 cm³/mol. The molecule has 3 heteroatoms. The summed E-state index contributed by atoms with van der Waals surface area (Å²) in [6, 6.07) is 17.4. The number of benzene rings is 2. The van der Waals surface area contributed by atoms with Crippen LogP contribution in [0.4, 0.5) is 10.5 Å². The first-order chi connectivity index (χ1) is 8.25. The van der Waals surface area contributed by atoms with E-state index in [1.54, 1.807) is 6.07 Å². The number of carbonyl (C=O) groups is 1. The number of rotatable bonds is 3. The molecule has 0 spiro atoms. The normalized spacial score (nSPS) is 9.88. The molecule has 2 rings (SSSR count). The van der Waals surface area contributed by atoms with Crippen LogP contribution >= 0.6 is 0 Å². The van der Waals surface area contributed by atoms with Crippen LogP contribution in [0.3, 0.4) is 0 Å². The maximum Gasteiger partial charge on any atom is 0.409 e. The first-order valence-corrected chi connectivity index (χ1v) is 5.37. The van der Waals surface area contributed by atoms with Gasteiger partial charge in [-0.05, 0) is 23.6 Å². The van der Waals surface area contributed by atoms with Gasteiger partial charge in [0, 0.05) is 5.69 Å². The first kappa shape index (κ1) is 11.2. The van der Waals surface area contributed by atoms with E-state index >= 15 is 0 Å². The molecule has 0 radical (unpaired) electrons. The Hall–Kier alpha value is -2.29. The number of amides is 1. The molecular formula is C14H13NO2. The summed E-state index contributed by atoms with van der Waals surface area (Å²) in [5, 5.41) is 11.2. The largest absolute Gasteiger partial charge is 0.465 e. The Morgan fingerprint density at radius 3 is 2.35 bits per heavy atom. The molecule has 0 aliphatic heterocycles. The number of para-hydroxylation sites is 1. The Balaban J connectivity index is 2.23. The minimum Gasteiger partial charge on any atom is -0.465 e. The maximum absolute atomic E-state index is 10.7. The maximum atomic E-state index is 10.7. The smallest absolute Gasteiger partial charge is 0.409 e. The van der Waals surface area contributed by atoms with Gasteiger partial charge in [-0.15, -0.1) is 0 Å². The van der Waals surface area contributed by atoms with E-state index in [1.165, 1.54) is 0 Å². The molecule has 0 aliphatic carbocycles. The molecule has 0 heterocycles. The van der Waals surface area contributed by atoms with Gasteiger partial charge in [0.1, 0.15) is 0 Å². The van der Waals surface area contributed by atoms with Crippen LogP contribution in [0.5, 0.6) is 0 Å². The van der Waals surface area contributed by atoms with E-state index in [2.05, 4.69) is 5.32 Å². The molecule has 0 aliphatic rings. The van der Waals surface area contributed by atoms with E-state index in [-0.39, 0.29) is 0 Å². The van der Waals surface area contributed by atoms with Crippen molar-refractivity contribution in [2.45, 2.75) is 6.42 Å². The molecule has 0 saturated carbocycles. The van der Waals surface area contributed by atoms with Gasteiger partial charge < -0.3 is 5.11 Å². The highest BCUT2D eigenvalue weighted by Crippen LogP contribution is 2.18. The van der Waals surface area contributed by atoms with Gasteiger partial charge in [-0.3, -0.25) is 5.32 Å². The predicted octanol–water partition coefficient (Wildman–Crippen LogP) is 3.37. The molecule has 0 bridgehead atoms. The lowest BCUT2D eigenvalue weighted by atomic mass is 10.0. The summed E-state index contributed by atoms with van der Waals surface area (Å²) in [5.41, 5.74) is 2.78. The third-order valence-electron chi connectivity index (χ3n) is 2.50. The third-order valence-corrected chi connectivity index (χ3v) is 2.50. The Morgan fingerprint density at radius 1 is 1.00 bits per heavy atom. The van der Waals surface area contributed by atoms with Crippen molar-refractivity contribution in [1.29, 1.82) is 0 Å². The molecule has 2 aromatic carbocycles. The van der Waals surface area contributed by atoms with Crippen molar-refractivity contribution in [3.05, 3.63) is 65.7 Å². The molecule has 2 aromatic rings. The second-order valence-electron chi connectivity index (χ2n) is 3.75. The highest BCUT2D eigenvalue weighted by Gasteiger charge is 2.04. The topological polar surface area (TPSA) is 49.3 Å². The second-order valence-corrected chi connectivity index (χ2v) is 3.75. The van der Waals surface area contributed by atoms with Crippen molar-refractivity contribution >= 4 is 11.8 Å². The Morgan fingerprint density at radius 2 is 1.65 bits per heavy atom. The Bertz CT molecular complexity index is 509. The number of anilines is 1. The van der Waals surface area contributed by atoms with E-state index in [9.17, 15) is 4.79 Å². The molecule has 3 nitrogen and oxygen atoms in total. The van der Waals surface area contributed by atoms with Crippen LogP contribution in [0.1, 0.15) is 11.1 Å². The van der Waals surface area contributed by atoms with Crippen LogP contribution in [-0.4, -0.2) is 11.2 Å². The zero-order valence-corrected chi connectivity index (χ0v) is 9.26. The molecule has 86 valence electrons. The fourth-order valence-corrected chi connectivity index (χ4v) is 1.73. The van der Waals surface area contributed by atoms with Crippen molar-refractivity contribution in [2.24, 2.45) is 0 Å². The molecule has 17 heavy (non-hydrogen) atoms. The molecular weight excluding hydrogens is 214 g/mol. The average Bonchev–Trinajstić information content (AvgIpc) is 2.32. The highest BCUT2D eigenvalue weighted by atomic mass is 16.4. The zero-order chi connectivity index (χ0) is 12.1. The lowest BCUT2D eigenvalue weighted by Gasteiger charge is -2.08. The minimum atomic E-state index is -1.04. The number of hydrogen-bond acceptors (Lipinski definition) is 1. The third kappa shape index (κ3) is 3.08. The standard InChI is InChI=1S/C14H13NO2/c16-14(17)15-13-9-5-4-8-12(13)10-11-6-2-1-3-7-11/h1-9,15H,10H2,(H,16,17). The molecule has 0 atom stereocenters. The van der Waals surface area contributed by atoms with Gasteiger partial charge in [-0.1, -0.05) is 48.5 Å². The summed E-state index contributed by atoms with van der Waals surface area (Å²) in [6.45, 7) is 0. The number of hydrogen-bond donors (Lipinski definition) is 2. The molecule has 0 saturated heterocycles. The van der Waals surface area contributed by atoms with E-state index < -0.39 is 6.09 Å². The van der Waals surface area contributed by atoms with Crippen molar-refractivity contribution in [3.8, 4) is 0 Å². The van der Waals surface area contributed by atoms with E-state index in [4.69, 9.17) is 5.11 Å². The minimum absolute atomic E-state index is 0.642. The fraction of sp³-hybridized carbons (Fsp3) is 0.0714. The zero-order valence-electron chi connectivity index (χ0n) is 9.26. The van der Waals surface area contributed by atoms with Gasteiger partial charge >= 0.3 is 6.09 Å². The van der Waals surface area contributed by atoms with Crippen molar-refractivity contribution in [1.82, 2.24) is 0 Å². The summed E-state index contributed by atoms with van der Waals surface area (Å²) in [4.78, 5) is 10.7. The van der Waals surface area contributed by atoms with Crippen LogP contribution in [0.25, 0.3) is 0 Å². The second kappa shape index (κ2) is 5.16. The highest BCUT2D eigenvalue weighted by molar-refractivity contribution is 5.84. The van der Waals surface area contributed by atoms with Crippen LogP contribution < -0.4 is 5.32 Å². The van der Waals surface area contributed by atoms with Gasteiger partial charge in [0.2, 0.25) is 0 Å². The van der Waals surface area contributed by atoms with Gasteiger partial charge in [0.05, 0.1) is 0 Å². The lowest BCUT2D eigenvalue weighted by Crippen LogP contribution is -2.09. The van der Waals surface area contributed by atoms with E-state index in [1.807, 2.05) is 48.5 Å². The number of carboxylic acid groups (broad SMARTS) is 1. The molecule has 0 fully saturated rings. The van der Waals surface area contributed by atoms with Crippen molar-refractivity contribution < 1.29 is 9.90 Å². The van der Waals surface area contributed by atoms with Gasteiger partial charge in [0.25, 0.3) is 0 Å².